The highest BCUT2D eigenvalue weighted by molar-refractivity contribution is 5.57. The number of hydrogen-bond donors (Lipinski definition) is 2. The second kappa shape index (κ2) is 3.49. The minimum Gasteiger partial charge on any atom is -0.387 e. The average molecular weight is 217 g/mol. The molecule has 2 heteroatoms. The van der Waals surface area contributed by atoms with Crippen molar-refractivity contribution >= 4 is 5.69 Å². The van der Waals surface area contributed by atoms with Gasteiger partial charge in [-0.1, -0.05) is 25.1 Å². The first-order valence-corrected chi connectivity index (χ1v) is 6.31. The maximum Gasteiger partial charge on any atom is 0.0876 e. The average Bonchev–Trinajstić information content (AvgIpc) is 3.07. The van der Waals surface area contributed by atoms with Crippen LogP contribution in [-0.4, -0.2) is 16.7 Å². The third-order valence-electron chi connectivity index (χ3n) is 4.23. The van der Waals surface area contributed by atoms with Gasteiger partial charge in [-0.15, -0.1) is 0 Å². The van der Waals surface area contributed by atoms with Gasteiger partial charge in [0.15, 0.2) is 0 Å². The van der Waals surface area contributed by atoms with Crippen LogP contribution in [0.15, 0.2) is 24.3 Å². The van der Waals surface area contributed by atoms with Crippen molar-refractivity contribution in [2.75, 3.05) is 5.32 Å². The Morgan fingerprint density at radius 2 is 2.12 bits per heavy atom. The van der Waals surface area contributed by atoms with Crippen molar-refractivity contribution in [1.82, 2.24) is 0 Å². The quantitative estimate of drug-likeness (QED) is 0.815. The normalized spacial score (nSPS) is 27.0. The van der Waals surface area contributed by atoms with E-state index in [0.717, 1.165) is 12.8 Å². The van der Waals surface area contributed by atoms with Gasteiger partial charge in [0, 0.05) is 5.69 Å². The summed E-state index contributed by atoms with van der Waals surface area (Å²) < 4.78 is 0. The minimum absolute atomic E-state index is 0.211. The zero-order valence-corrected chi connectivity index (χ0v) is 9.74. The number of hydrogen-bond acceptors (Lipinski definition) is 2. The Balaban J connectivity index is 1.84. The Morgan fingerprint density at radius 3 is 2.75 bits per heavy atom. The molecule has 0 saturated heterocycles. The molecule has 0 bridgehead atoms. The van der Waals surface area contributed by atoms with E-state index in [9.17, 15) is 5.11 Å². The van der Waals surface area contributed by atoms with Gasteiger partial charge in [0.1, 0.15) is 0 Å². The smallest absolute Gasteiger partial charge is 0.0876 e. The fraction of sp³-hybridized carbons (Fsp3) is 0.571. The molecule has 1 aliphatic carbocycles. The zero-order valence-electron chi connectivity index (χ0n) is 9.74. The summed E-state index contributed by atoms with van der Waals surface area (Å²) >= 11 is 0. The summed E-state index contributed by atoms with van der Waals surface area (Å²) in [5.74, 6) is 0.518. The van der Waals surface area contributed by atoms with E-state index in [1.54, 1.807) is 0 Å². The number of benzene rings is 1. The van der Waals surface area contributed by atoms with Crippen LogP contribution < -0.4 is 5.32 Å². The van der Waals surface area contributed by atoms with Gasteiger partial charge in [-0.05, 0) is 43.2 Å². The molecule has 0 radical (unpaired) electrons. The molecule has 86 valence electrons. The van der Waals surface area contributed by atoms with Crippen molar-refractivity contribution < 1.29 is 5.11 Å². The molecule has 2 N–H and O–H groups in total. The Kier molecular flexibility index (Phi) is 2.21. The van der Waals surface area contributed by atoms with Crippen LogP contribution in [0.1, 0.15) is 31.7 Å². The number of para-hydroxylation sites is 1. The fourth-order valence-electron chi connectivity index (χ4n) is 3.00. The molecule has 0 aromatic heterocycles. The number of anilines is 1. The molecule has 2 unspecified atom stereocenters. The molecular weight excluding hydrogens is 198 g/mol. The lowest BCUT2D eigenvalue weighted by atomic mass is 9.85. The molecule has 1 aliphatic heterocycles. The Morgan fingerprint density at radius 1 is 1.38 bits per heavy atom. The molecule has 0 spiro atoms. The number of nitrogens with one attached hydrogen (secondary N) is 1. The number of rotatable bonds is 3. The van der Waals surface area contributed by atoms with Crippen LogP contribution in [0, 0.1) is 5.92 Å². The number of fused-ring (bicyclic) bond motifs is 1. The molecule has 1 saturated carbocycles. The van der Waals surface area contributed by atoms with Crippen LogP contribution in [0.4, 0.5) is 5.69 Å². The Hall–Kier alpha value is -1.02. The van der Waals surface area contributed by atoms with Gasteiger partial charge in [-0.2, -0.15) is 0 Å². The van der Waals surface area contributed by atoms with Crippen LogP contribution in [0.5, 0.6) is 0 Å². The van der Waals surface area contributed by atoms with Crippen molar-refractivity contribution in [3.05, 3.63) is 29.8 Å². The van der Waals surface area contributed by atoms with Gasteiger partial charge < -0.3 is 10.4 Å². The van der Waals surface area contributed by atoms with E-state index in [2.05, 4.69) is 36.5 Å². The summed E-state index contributed by atoms with van der Waals surface area (Å²) in [6.45, 7) is 2.10. The first-order valence-electron chi connectivity index (χ1n) is 6.31. The van der Waals surface area contributed by atoms with Gasteiger partial charge in [0.05, 0.1) is 11.6 Å². The van der Waals surface area contributed by atoms with Crippen LogP contribution in [-0.2, 0) is 6.42 Å². The van der Waals surface area contributed by atoms with E-state index in [1.807, 2.05) is 0 Å². The van der Waals surface area contributed by atoms with Crippen LogP contribution in [0.3, 0.4) is 0 Å². The molecule has 3 rings (SSSR count). The van der Waals surface area contributed by atoms with Crippen molar-refractivity contribution in [3.8, 4) is 0 Å². The van der Waals surface area contributed by atoms with Crippen LogP contribution >= 0.6 is 0 Å². The SMILES string of the molecule is CCC(O)(C1CC1)C1Cc2ccccc2N1. The third-order valence-corrected chi connectivity index (χ3v) is 4.23. The van der Waals surface area contributed by atoms with Crippen molar-refractivity contribution in [2.45, 2.75) is 44.2 Å². The molecule has 1 fully saturated rings. The predicted octanol–water partition coefficient (Wildman–Crippen LogP) is 2.57. The molecule has 1 aromatic carbocycles. The second-order valence-electron chi connectivity index (χ2n) is 5.18. The van der Waals surface area contributed by atoms with Crippen molar-refractivity contribution in [1.29, 1.82) is 0 Å². The number of aliphatic hydroxyl groups is 1. The maximum atomic E-state index is 10.8. The highest BCUT2D eigenvalue weighted by Gasteiger charge is 2.49. The molecular formula is C14H19NO. The lowest BCUT2D eigenvalue weighted by Crippen LogP contribution is -2.47. The van der Waals surface area contributed by atoms with E-state index >= 15 is 0 Å². The maximum absolute atomic E-state index is 10.8. The van der Waals surface area contributed by atoms with E-state index in [1.165, 1.54) is 24.1 Å². The largest absolute Gasteiger partial charge is 0.387 e. The lowest BCUT2D eigenvalue weighted by Gasteiger charge is -2.33. The molecule has 2 nitrogen and oxygen atoms in total. The predicted molar refractivity (Wildman–Crippen MR) is 65.5 cm³/mol. The highest BCUT2D eigenvalue weighted by atomic mass is 16.3. The van der Waals surface area contributed by atoms with Crippen molar-refractivity contribution in [2.24, 2.45) is 5.92 Å². The molecule has 1 aromatic rings. The summed E-state index contributed by atoms with van der Waals surface area (Å²) in [4.78, 5) is 0. The Labute approximate surface area is 96.7 Å². The van der Waals surface area contributed by atoms with Crippen molar-refractivity contribution in [3.63, 3.8) is 0 Å². The van der Waals surface area contributed by atoms with Crippen LogP contribution in [0.2, 0.25) is 0 Å². The topological polar surface area (TPSA) is 32.3 Å². The second-order valence-corrected chi connectivity index (χ2v) is 5.18. The van der Waals surface area contributed by atoms with E-state index < -0.39 is 5.60 Å². The minimum atomic E-state index is -0.501. The summed E-state index contributed by atoms with van der Waals surface area (Å²) in [5.41, 5.74) is 2.05. The lowest BCUT2D eigenvalue weighted by molar-refractivity contribution is -0.00319. The first kappa shape index (κ1) is 10.2. The summed E-state index contributed by atoms with van der Waals surface area (Å²) in [6.07, 6.45) is 4.21. The summed E-state index contributed by atoms with van der Waals surface area (Å²) in [7, 11) is 0. The molecule has 0 amide bonds. The summed E-state index contributed by atoms with van der Waals surface area (Å²) in [5, 5.41) is 14.3. The Bertz CT molecular complexity index is 374. The summed E-state index contributed by atoms with van der Waals surface area (Å²) in [6, 6.07) is 8.60. The van der Waals surface area contributed by atoms with E-state index in [4.69, 9.17) is 0 Å². The molecule has 16 heavy (non-hydrogen) atoms. The first-order chi connectivity index (χ1) is 7.74. The zero-order chi connectivity index (χ0) is 11.2. The van der Waals surface area contributed by atoms with Gasteiger partial charge in [-0.25, -0.2) is 0 Å². The van der Waals surface area contributed by atoms with Gasteiger partial charge in [-0.3, -0.25) is 0 Å². The standard InChI is InChI=1S/C14H19NO/c1-2-14(16,11-7-8-11)13-9-10-5-3-4-6-12(10)15-13/h3-6,11,13,15-16H,2,7-9H2,1H3. The highest BCUT2D eigenvalue weighted by Crippen LogP contribution is 2.46. The molecule has 2 aliphatic rings. The van der Waals surface area contributed by atoms with Gasteiger partial charge in [0.2, 0.25) is 0 Å². The van der Waals surface area contributed by atoms with Crippen LogP contribution in [0.25, 0.3) is 0 Å². The molecule has 2 atom stereocenters. The molecule has 1 heterocycles. The van der Waals surface area contributed by atoms with Gasteiger partial charge in [0.25, 0.3) is 0 Å². The third kappa shape index (κ3) is 1.44. The van der Waals surface area contributed by atoms with E-state index in [0.29, 0.717) is 5.92 Å². The monoisotopic (exact) mass is 217 g/mol. The fourth-order valence-corrected chi connectivity index (χ4v) is 3.00. The van der Waals surface area contributed by atoms with E-state index in [-0.39, 0.29) is 6.04 Å². The van der Waals surface area contributed by atoms with Gasteiger partial charge >= 0.3 is 0 Å².